The van der Waals surface area contributed by atoms with E-state index < -0.39 is 0 Å². The zero-order valence-corrected chi connectivity index (χ0v) is 7.66. The predicted molar refractivity (Wildman–Crippen MR) is 52.8 cm³/mol. The Labute approximate surface area is 84.8 Å². The van der Waals surface area contributed by atoms with E-state index in [0.29, 0.717) is 22.8 Å². The Morgan fingerprint density at radius 2 is 2.07 bits per heavy atom. The van der Waals surface area contributed by atoms with Crippen LogP contribution in [-0.2, 0) is 0 Å². The van der Waals surface area contributed by atoms with Crippen LogP contribution in [0.2, 0.25) is 0 Å². The van der Waals surface area contributed by atoms with Gasteiger partial charge in [-0.25, -0.2) is 9.97 Å². The van der Waals surface area contributed by atoms with E-state index >= 15 is 0 Å². The van der Waals surface area contributed by atoms with Crippen molar-refractivity contribution in [2.45, 2.75) is 0 Å². The van der Waals surface area contributed by atoms with Gasteiger partial charge in [-0.3, -0.25) is 4.98 Å². The third-order valence-corrected chi connectivity index (χ3v) is 1.95. The van der Waals surface area contributed by atoms with Gasteiger partial charge in [0.15, 0.2) is 11.2 Å². The average molecular weight is 198 g/mol. The smallest absolute Gasteiger partial charge is 0.249 e. The summed E-state index contributed by atoms with van der Waals surface area (Å²) in [5, 5.41) is 0. The van der Waals surface area contributed by atoms with Crippen LogP contribution in [0.1, 0.15) is 0 Å². The van der Waals surface area contributed by atoms with Crippen molar-refractivity contribution in [2.75, 3.05) is 0 Å². The maximum atomic E-state index is 5.48. The molecule has 15 heavy (non-hydrogen) atoms. The molecule has 0 aliphatic rings. The van der Waals surface area contributed by atoms with Gasteiger partial charge in [0.2, 0.25) is 5.89 Å². The molecule has 0 radical (unpaired) electrons. The molecule has 3 rings (SSSR count). The van der Waals surface area contributed by atoms with E-state index in [-0.39, 0.29) is 0 Å². The van der Waals surface area contributed by atoms with E-state index in [1.165, 1.54) is 0 Å². The number of pyridine rings is 1. The van der Waals surface area contributed by atoms with Crippen molar-refractivity contribution < 1.29 is 4.42 Å². The molecule has 0 aromatic carbocycles. The van der Waals surface area contributed by atoms with Gasteiger partial charge in [0, 0.05) is 18.6 Å². The van der Waals surface area contributed by atoms with Gasteiger partial charge in [-0.2, -0.15) is 4.98 Å². The molecule has 0 aliphatic heterocycles. The van der Waals surface area contributed by atoms with E-state index in [9.17, 15) is 0 Å². The normalized spacial score (nSPS) is 10.7. The first-order valence-corrected chi connectivity index (χ1v) is 4.41. The number of aromatic nitrogens is 4. The van der Waals surface area contributed by atoms with Crippen LogP contribution >= 0.6 is 0 Å². The number of nitrogens with zero attached hydrogens (tertiary/aromatic N) is 4. The minimum absolute atomic E-state index is 0.441. The highest BCUT2D eigenvalue weighted by atomic mass is 16.3. The van der Waals surface area contributed by atoms with E-state index in [1.54, 1.807) is 30.9 Å². The highest BCUT2D eigenvalue weighted by Gasteiger charge is 2.08. The van der Waals surface area contributed by atoms with Gasteiger partial charge in [-0.05, 0) is 12.1 Å². The summed E-state index contributed by atoms with van der Waals surface area (Å²) in [5.41, 5.74) is 1.84. The molecule has 5 nitrogen and oxygen atoms in total. The zero-order valence-electron chi connectivity index (χ0n) is 7.66. The molecule has 0 amide bonds. The molecule has 0 unspecified atom stereocenters. The molecule has 0 N–H and O–H groups in total. The topological polar surface area (TPSA) is 64.7 Å². The van der Waals surface area contributed by atoms with Crippen LogP contribution in [0.3, 0.4) is 0 Å². The van der Waals surface area contributed by atoms with Crippen LogP contribution < -0.4 is 0 Å². The minimum Gasteiger partial charge on any atom is -0.433 e. The average Bonchev–Trinajstić information content (AvgIpc) is 2.74. The second-order valence-electron chi connectivity index (χ2n) is 2.93. The second-order valence-corrected chi connectivity index (χ2v) is 2.93. The fraction of sp³-hybridized carbons (Fsp3) is 0. The molecular weight excluding hydrogens is 192 g/mol. The Bertz CT molecular complexity index is 557. The van der Waals surface area contributed by atoms with Crippen molar-refractivity contribution in [1.29, 1.82) is 0 Å². The Hall–Kier alpha value is -2.30. The fourth-order valence-electron chi connectivity index (χ4n) is 1.29. The molecule has 0 atom stereocenters. The molecule has 3 aromatic rings. The summed E-state index contributed by atoms with van der Waals surface area (Å²) < 4.78 is 5.48. The monoisotopic (exact) mass is 198 g/mol. The Morgan fingerprint density at radius 1 is 1.07 bits per heavy atom. The molecule has 3 heterocycles. The van der Waals surface area contributed by atoms with Crippen LogP contribution in [0.15, 0.2) is 41.3 Å². The Kier molecular flexibility index (Phi) is 1.68. The first kappa shape index (κ1) is 8.05. The maximum Gasteiger partial charge on any atom is 0.249 e. The van der Waals surface area contributed by atoms with Crippen molar-refractivity contribution in [3.8, 4) is 11.6 Å². The van der Waals surface area contributed by atoms with Crippen LogP contribution in [0.25, 0.3) is 22.8 Å². The van der Waals surface area contributed by atoms with Crippen LogP contribution in [0, 0.1) is 0 Å². The fourth-order valence-corrected chi connectivity index (χ4v) is 1.29. The number of rotatable bonds is 1. The Morgan fingerprint density at radius 3 is 2.87 bits per heavy atom. The van der Waals surface area contributed by atoms with Crippen molar-refractivity contribution in [3.05, 3.63) is 36.9 Å². The first-order valence-electron chi connectivity index (χ1n) is 4.41. The minimum atomic E-state index is 0.441. The lowest BCUT2D eigenvalue weighted by Crippen LogP contribution is -1.83. The zero-order chi connectivity index (χ0) is 10.1. The first-order chi connectivity index (χ1) is 7.43. The molecule has 0 saturated heterocycles. The largest absolute Gasteiger partial charge is 0.433 e. The van der Waals surface area contributed by atoms with E-state index in [0.717, 1.165) is 0 Å². The second kappa shape index (κ2) is 3.13. The highest BCUT2D eigenvalue weighted by Crippen LogP contribution is 2.19. The standard InChI is InChI=1S/C10H6N4O/c1-2-8-9(13-3-1)14-10(15-8)7-6-11-4-5-12-7/h1-6H. The van der Waals surface area contributed by atoms with Crippen molar-refractivity contribution in [1.82, 2.24) is 19.9 Å². The molecule has 0 fully saturated rings. The quantitative estimate of drug-likeness (QED) is 0.595. The molecule has 72 valence electrons. The number of fused-ring (bicyclic) bond motifs is 1. The number of oxazole rings is 1. The molecule has 0 saturated carbocycles. The third-order valence-electron chi connectivity index (χ3n) is 1.95. The molecule has 0 aliphatic carbocycles. The highest BCUT2D eigenvalue weighted by molar-refractivity contribution is 5.70. The molecule has 3 aromatic heterocycles. The van der Waals surface area contributed by atoms with Crippen LogP contribution in [0.4, 0.5) is 0 Å². The lowest BCUT2D eigenvalue weighted by atomic mass is 10.4. The molecule has 5 heteroatoms. The van der Waals surface area contributed by atoms with Crippen molar-refractivity contribution in [2.24, 2.45) is 0 Å². The summed E-state index contributed by atoms with van der Waals surface area (Å²) in [6, 6.07) is 3.61. The summed E-state index contributed by atoms with van der Waals surface area (Å²) in [4.78, 5) is 16.3. The molecule has 0 spiro atoms. The Balaban J connectivity index is 2.21. The van der Waals surface area contributed by atoms with Gasteiger partial charge in [-0.15, -0.1) is 0 Å². The van der Waals surface area contributed by atoms with Gasteiger partial charge in [0.05, 0.1) is 6.20 Å². The van der Waals surface area contributed by atoms with E-state index in [2.05, 4.69) is 19.9 Å². The summed E-state index contributed by atoms with van der Waals surface area (Å²) in [7, 11) is 0. The van der Waals surface area contributed by atoms with Crippen molar-refractivity contribution >= 4 is 11.2 Å². The lowest BCUT2D eigenvalue weighted by molar-refractivity contribution is 0.616. The summed E-state index contributed by atoms with van der Waals surface area (Å²) >= 11 is 0. The van der Waals surface area contributed by atoms with E-state index in [4.69, 9.17) is 4.42 Å². The summed E-state index contributed by atoms with van der Waals surface area (Å²) in [5.74, 6) is 0.441. The van der Waals surface area contributed by atoms with Crippen LogP contribution in [-0.4, -0.2) is 19.9 Å². The molecular formula is C10H6N4O. The van der Waals surface area contributed by atoms with Gasteiger partial charge in [-0.1, -0.05) is 0 Å². The summed E-state index contributed by atoms with van der Waals surface area (Å²) in [6.45, 7) is 0. The predicted octanol–water partition coefficient (Wildman–Crippen LogP) is 1.68. The molecule has 0 bridgehead atoms. The third kappa shape index (κ3) is 1.34. The number of hydrogen-bond acceptors (Lipinski definition) is 5. The number of hydrogen-bond donors (Lipinski definition) is 0. The van der Waals surface area contributed by atoms with E-state index in [1.807, 2.05) is 6.07 Å². The van der Waals surface area contributed by atoms with Gasteiger partial charge >= 0.3 is 0 Å². The van der Waals surface area contributed by atoms with Gasteiger partial charge < -0.3 is 4.42 Å². The van der Waals surface area contributed by atoms with Crippen molar-refractivity contribution in [3.63, 3.8) is 0 Å². The van der Waals surface area contributed by atoms with Crippen LogP contribution in [0.5, 0.6) is 0 Å². The summed E-state index contributed by atoms with van der Waals surface area (Å²) in [6.07, 6.45) is 6.47. The van der Waals surface area contributed by atoms with Gasteiger partial charge in [0.1, 0.15) is 5.69 Å². The van der Waals surface area contributed by atoms with Gasteiger partial charge in [0.25, 0.3) is 0 Å². The SMILES string of the molecule is c1cnc2nc(-c3cnccn3)oc2c1. The maximum absolute atomic E-state index is 5.48. The lowest BCUT2D eigenvalue weighted by Gasteiger charge is -1.89.